The van der Waals surface area contributed by atoms with Crippen LogP contribution in [-0.2, 0) is 0 Å². The molecule has 0 aliphatic rings. The van der Waals surface area contributed by atoms with Gasteiger partial charge in [0.05, 0.1) is 4.92 Å². The van der Waals surface area contributed by atoms with Crippen LogP contribution in [0.1, 0.15) is 0 Å². The quantitative estimate of drug-likeness (QED) is 0.350. The summed E-state index contributed by atoms with van der Waals surface area (Å²) in [6.45, 7) is 0. The van der Waals surface area contributed by atoms with Crippen LogP contribution in [0.3, 0.4) is 0 Å². The number of hydrogen-bond donors (Lipinski definition) is 1. The van der Waals surface area contributed by atoms with E-state index in [1.54, 1.807) is 24.3 Å². The lowest BCUT2D eigenvalue weighted by molar-refractivity contribution is -0.384. The van der Waals surface area contributed by atoms with Crippen LogP contribution in [0.15, 0.2) is 45.3 Å². The zero-order valence-corrected chi connectivity index (χ0v) is 14.5. The molecule has 2 aromatic rings. The smallest absolute Gasteiger partial charge is 0.272 e. The van der Waals surface area contributed by atoms with Crippen LogP contribution in [0.2, 0.25) is 10.0 Å². The Balaban J connectivity index is 0.000000204. The third-order valence-electron chi connectivity index (χ3n) is 1.94. The lowest BCUT2D eigenvalue weighted by Crippen LogP contribution is -1.86. The molecule has 0 atom stereocenters. The van der Waals surface area contributed by atoms with Crippen LogP contribution < -0.4 is 5.73 Å². The fourth-order valence-electron chi connectivity index (χ4n) is 1.22. The summed E-state index contributed by atoms with van der Waals surface area (Å²) >= 11 is 17.5. The minimum Gasteiger partial charge on any atom is -0.399 e. The summed E-state index contributed by atoms with van der Waals surface area (Å²) in [5, 5.41) is 11.2. The van der Waals surface area contributed by atoms with E-state index in [1.165, 1.54) is 12.1 Å². The second-order valence-electron chi connectivity index (χ2n) is 3.59. The van der Waals surface area contributed by atoms with E-state index in [2.05, 4.69) is 31.9 Å². The fourth-order valence-corrected chi connectivity index (χ4v) is 2.95. The summed E-state index contributed by atoms with van der Waals surface area (Å²) < 4.78 is 1.52. The van der Waals surface area contributed by atoms with Crippen molar-refractivity contribution in [2.45, 2.75) is 0 Å². The molecule has 0 spiro atoms. The first-order valence-corrected chi connectivity index (χ1v) is 7.44. The first-order chi connectivity index (χ1) is 9.27. The number of hydrogen-bond acceptors (Lipinski definition) is 3. The van der Waals surface area contributed by atoms with Gasteiger partial charge < -0.3 is 5.73 Å². The molecule has 0 fully saturated rings. The van der Waals surface area contributed by atoms with Gasteiger partial charge in [-0.1, -0.05) is 55.1 Å². The Morgan fingerprint density at radius 1 is 0.950 bits per heavy atom. The molecule has 0 radical (unpaired) electrons. The molecule has 0 heterocycles. The molecule has 0 aliphatic carbocycles. The molecular formula is C12H8Br2Cl2N2O2. The molecule has 2 aromatic carbocycles. The van der Waals surface area contributed by atoms with Gasteiger partial charge in [0, 0.05) is 36.8 Å². The normalized spacial score (nSPS) is 9.60. The molecule has 106 valence electrons. The van der Waals surface area contributed by atoms with E-state index in [-0.39, 0.29) is 5.69 Å². The predicted octanol–water partition coefficient (Wildman–Crippen LogP) is 5.70. The number of nitrogens with zero attached hydrogens (tertiary/aromatic N) is 1. The zero-order valence-electron chi connectivity index (χ0n) is 9.82. The SMILES string of the molecule is Nc1cc(Cl)cc(Br)c1.O=[N+]([O-])c1cc(Cl)cc(Br)c1. The number of rotatable bonds is 1. The lowest BCUT2D eigenvalue weighted by atomic mass is 10.3. The summed E-state index contributed by atoms with van der Waals surface area (Å²) in [6.07, 6.45) is 0. The van der Waals surface area contributed by atoms with Crippen molar-refractivity contribution in [3.63, 3.8) is 0 Å². The summed E-state index contributed by atoms with van der Waals surface area (Å²) in [6, 6.07) is 9.57. The molecule has 8 heteroatoms. The van der Waals surface area contributed by atoms with Gasteiger partial charge in [0.2, 0.25) is 0 Å². The maximum atomic E-state index is 10.2. The largest absolute Gasteiger partial charge is 0.399 e. The number of anilines is 1. The zero-order chi connectivity index (χ0) is 15.3. The molecule has 0 saturated heterocycles. The molecule has 0 aromatic heterocycles. The Morgan fingerprint density at radius 3 is 1.85 bits per heavy atom. The molecule has 2 N–H and O–H groups in total. The average Bonchev–Trinajstić information content (AvgIpc) is 2.26. The second-order valence-corrected chi connectivity index (χ2v) is 6.29. The topological polar surface area (TPSA) is 69.2 Å². The number of non-ortho nitro benzene ring substituents is 1. The van der Waals surface area contributed by atoms with Gasteiger partial charge in [0.25, 0.3) is 5.69 Å². The Kier molecular flexibility index (Phi) is 6.75. The highest BCUT2D eigenvalue weighted by atomic mass is 79.9. The van der Waals surface area contributed by atoms with Crippen molar-refractivity contribution in [3.8, 4) is 0 Å². The second kappa shape index (κ2) is 7.83. The third kappa shape index (κ3) is 6.09. The van der Waals surface area contributed by atoms with Crippen LogP contribution in [0, 0.1) is 10.1 Å². The maximum Gasteiger partial charge on any atom is 0.272 e. The van der Waals surface area contributed by atoms with Gasteiger partial charge in [-0.3, -0.25) is 10.1 Å². The van der Waals surface area contributed by atoms with Crippen molar-refractivity contribution < 1.29 is 4.92 Å². The van der Waals surface area contributed by atoms with Gasteiger partial charge in [0.1, 0.15) is 0 Å². The van der Waals surface area contributed by atoms with Gasteiger partial charge in [-0.25, -0.2) is 0 Å². The third-order valence-corrected chi connectivity index (χ3v) is 3.30. The Bertz CT molecular complexity index is 568. The Morgan fingerprint density at radius 2 is 1.45 bits per heavy atom. The molecule has 0 aliphatic heterocycles. The molecule has 0 unspecified atom stereocenters. The maximum absolute atomic E-state index is 10.2. The van der Waals surface area contributed by atoms with Crippen molar-refractivity contribution in [1.82, 2.24) is 0 Å². The highest BCUT2D eigenvalue weighted by Crippen LogP contribution is 2.24. The first-order valence-electron chi connectivity index (χ1n) is 5.10. The van der Waals surface area contributed by atoms with E-state index in [0.717, 1.165) is 4.47 Å². The number of nitrogen functional groups attached to an aromatic ring is 1. The molecule has 0 bridgehead atoms. The van der Waals surface area contributed by atoms with Crippen molar-refractivity contribution >= 4 is 66.4 Å². The van der Waals surface area contributed by atoms with Gasteiger partial charge in [-0.2, -0.15) is 0 Å². The first kappa shape index (κ1) is 17.2. The Labute approximate surface area is 142 Å². The van der Waals surface area contributed by atoms with Crippen molar-refractivity contribution in [1.29, 1.82) is 0 Å². The van der Waals surface area contributed by atoms with Crippen LogP contribution in [0.4, 0.5) is 11.4 Å². The molecule has 2 rings (SSSR count). The lowest BCUT2D eigenvalue weighted by Gasteiger charge is -1.94. The van der Waals surface area contributed by atoms with E-state index >= 15 is 0 Å². The highest BCUT2D eigenvalue weighted by molar-refractivity contribution is 9.10. The Hall–Kier alpha value is -0.820. The summed E-state index contributed by atoms with van der Waals surface area (Å²) in [5.74, 6) is 0. The molecular weight excluding hydrogens is 435 g/mol. The fraction of sp³-hybridized carbons (Fsp3) is 0. The summed E-state index contributed by atoms with van der Waals surface area (Å²) in [5.41, 5.74) is 6.11. The van der Waals surface area contributed by atoms with Crippen molar-refractivity contribution in [2.75, 3.05) is 5.73 Å². The number of nitro groups is 1. The number of nitro benzene ring substituents is 1. The monoisotopic (exact) mass is 440 g/mol. The van der Waals surface area contributed by atoms with Gasteiger partial charge in [-0.15, -0.1) is 0 Å². The van der Waals surface area contributed by atoms with E-state index in [4.69, 9.17) is 28.9 Å². The number of benzene rings is 2. The van der Waals surface area contributed by atoms with Crippen LogP contribution >= 0.6 is 55.1 Å². The molecule has 0 saturated carbocycles. The minimum atomic E-state index is -0.489. The predicted molar refractivity (Wildman–Crippen MR) is 89.4 cm³/mol. The molecule has 0 amide bonds. The van der Waals surface area contributed by atoms with Crippen LogP contribution in [-0.4, -0.2) is 4.92 Å². The van der Waals surface area contributed by atoms with Crippen molar-refractivity contribution in [3.05, 3.63) is 65.5 Å². The van der Waals surface area contributed by atoms with Crippen LogP contribution in [0.25, 0.3) is 0 Å². The van der Waals surface area contributed by atoms with Crippen LogP contribution in [0.5, 0.6) is 0 Å². The summed E-state index contributed by atoms with van der Waals surface area (Å²) in [4.78, 5) is 9.74. The average molecular weight is 443 g/mol. The number of halogens is 4. The molecule has 20 heavy (non-hydrogen) atoms. The highest BCUT2D eigenvalue weighted by Gasteiger charge is 2.06. The van der Waals surface area contributed by atoms with Gasteiger partial charge in [0.15, 0.2) is 0 Å². The van der Waals surface area contributed by atoms with Gasteiger partial charge >= 0.3 is 0 Å². The van der Waals surface area contributed by atoms with Gasteiger partial charge in [-0.05, 0) is 24.3 Å². The van der Waals surface area contributed by atoms with E-state index in [1.807, 2.05) is 0 Å². The van der Waals surface area contributed by atoms with E-state index in [9.17, 15) is 10.1 Å². The number of nitrogens with two attached hydrogens (primary N) is 1. The molecule has 4 nitrogen and oxygen atoms in total. The van der Waals surface area contributed by atoms with E-state index in [0.29, 0.717) is 20.2 Å². The minimum absolute atomic E-state index is 0.00984. The standard InChI is InChI=1S/C6H3BrClNO2.C6H5BrClN/c7-4-1-5(8)3-6(2-4)9(10)11;7-4-1-5(8)3-6(9)2-4/h1-3H;1-3H,9H2. The van der Waals surface area contributed by atoms with Crippen molar-refractivity contribution in [2.24, 2.45) is 0 Å². The summed E-state index contributed by atoms with van der Waals surface area (Å²) in [7, 11) is 0. The van der Waals surface area contributed by atoms with E-state index < -0.39 is 4.92 Å².